The molecule has 2 aromatic carbocycles. The number of sulfonamides is 1. The van der Waals surface area contributed by atoms with Crippen molar-refractivity contribution in [3.05, 3.63) is 54.1 Å². The van der Waals surface area contributed by atoms with E-state index in [0.29, 0.717) is 24.4 Å². The van der Waals surface area contributed by atoms with Gasteiger partial charge >= 0.3 is 0 Å². The predicted molar refractivity (Wildman–Crippen MR) is 103 cm³/mol. The molecule has 0 radical (unpaired) electrons. The molecule has 1 fully saturated rings. The van der Waals surface area contributed by atoms with E-state index in [2.05, 4.69) is 5.32 Å². The van der Waals surface area contributed by atoms with Gasteiger partial charge in [-0.3, -0.25) is 9.59 Å². The summed E-state index contributed by atoms with van der Waals surface area (Å²) in [4.78, 5) is 26.2. The Balaban J connectivity index is 1.60. The molecule has 0 spiro atoms. The van der Waals surface area contributed by atoms with Crippen LogP contribution in [0.2, 0.25) is 0 Å². The van der Waals surface area contributed by atoms with Crippen molar-refractivity contribution >= 4 is 27.5 Å². The van der Waals surface area contributed by atoms with Gasteiger partial charge in [0.2, 0.25) is 15.9 Å². The number of ether oxygens (including phenoxy) is 1. The largest absolute Gasteiger partial charge is 0.497 e. The third-order valence-electron chi connectivity index (χ3n) is 4.51. The van der Waals surface area contributed by atoms with E-state index in [4.69, 9.17) is 9.88 Å². The van der Waals surface area contributed by atoms with Crippen LogP contribution in [-0.4, -0.2) is 39.9 Å². The summed E-state index contributed by atoms with van der Waals surface area (Å²) in [7, 11) is -2.20. The molecular formula is C19H21N3O5S. The lowest BCUT2D eigenvalue weighted by atomic mass is 10.1. The van der Waals surface area contributed by atoms with E-state index >= 15 is 0 Å². The Kier molecular flexibility index (Phi) is 5.78. The number of primary sulfonamides is 1. The molecule has 2 aromatic rings. The molecule has 2 amide bonds. The van der Waals surface area contributed by atoms with Gasteiger partial charge in [-0.1, -0.05) is 18.2 Å². The number of carbonyl (C=O) groups is 2. The summed E-state index contributed by atoms with van der Waals surface area (Å²) in [6.45, 7) is 0.463. The van der Waals surface area contributed by atoms with E-state index in [1.165, 1.54) is 24.1 Å². The van der Waals surface area contributed by atoms with Gasteiger partial charge in [-0.25, -0.2) is 18.5 Å². The van der Waals surface area contributed by atoms with Crippen LogP contribution in [0.3, 0.4) is 0 Å². The van der Waals surface area contributed by atoms with Gasteiger partial charge in [0.05, 0.1) is 30.2 Å². The molecule has 3 rings (SSSR count). The first-order valence-corrected chi connectivity index (χ1v) is 10.2. The fraction of sp³-hybridized carbons (Fsp3) is 0.263. The summed E-state index contributed by atoms with van der Waals surface area (Å²) in [5.74, 6) is -0.00599. The average Bonchev–Trinajstić information content (AvgIpc) is 2.95. The van der Waals surface area contributed by atoms with E-state index in [9.17, 15) is 18.0 Å². The fourth-order valence-corrected chi connectivity index (χ4v) is 3.56. The maximum atomic E-state index is 12.6. The highest BCUT2D eigenvalue weighted by atomic mass is 32.2. The van der Waals surface area contributed by atoms with Crippen molar-refractivity contribution in [1.29, 1.82) is 0 Å². The minimum absolute atomic E-state index is 0.0507. The second-order valence-corrected chi connectivity index (χ2v) is 7.98. The van der Waals surface area contributed by atoms with Crippen LogP contribution in [0.25, 0.3) is 0 Å². The summed E-state index contributed by atoms with van der Waals surface area (Å²) < 4.78 is 27.7. The molecule has 1 aliphatic heterocycles. The molecule has 0 aliphatic carbocycles. The molecule has 148 valence electrons. The highest BCUT2D eigenvalue weighted by Crippen LogP contribution is 2.26. The third kappa shape index (κ3) is 4.38. The number of nitrogens with one attached hydrogen (secondary N) is 1. The van der Waals surface area contributed by atoms with E-state index < -0.39 is 16.1 Å². The molecule has 3 N–H and O–H groups in total. The molecule has 1 heterocycles. The number of hydrogen-bond acceptors (Lipinski definition) is 6. The molecule has 1 aliphatic rings. The van der Waals surface area contributed by atoms with Crippen LogP contribution in [0.15, 0.2) is 53.4 Å². The Hall–Kier alpha value is -2.75. The minimum atomic E-state index is -3.72. The maximum absolute atomic E-state index is 12.6. The van der Waals surface area contributed by atoms with Gasteiger partial charge in [-0.2, -0.15) is 0 Å². The second-order valence-electron chi connectivity index (χ2n) is 6.42. The Morgan fingerprint density at radius 2 is 1.89 bits per heavy atom. The van der Waals surface area contributed by atoms with Crippen molar-refractivity contribution in [2.24, 2.45) is 5.14 Å². The van der Waals surface area contributed by atoms with Gasteiger partial charge in [-0.15, -0.1) is 0 Å². The van der Waals surface area contributed by atoms with Crippen molar-refractivity contribution in [3.8, 4) is 5.75 Å². The van der Waals surface area contributed by atoms with E-state index in [0.717, 1.165) is 5.56 Å². The molecule has 1 saturated heterocycles. The number of benzene rings is 2. The van der Waals surface area contributed by atoms with Crippen LogP contribution in [0.1, 0.15) is 12.0 Å². The number of carbonyl (C=O) groups excluding carboxylic acids is 2. The molecule has 9 heteroatoms. The van der Waals surface area contributed by atoms with E-state index in [1.54, 1.807) is 36.4 Å². The molecule has 0 saturated carbocycles. The lowest BCUT2D eigenvalue weighted by molar-refractivity contribution is -0.121. The summed E-state index contributed by atoms with van der Waals surface area (Å²) in [5.41, 5.74) is 1.37. The molecule has 0 aromatic heterocycles. The first kappa shape index (κ1) is 20.0. The third-order valence-corrected chi connectivity index (χ3v) is 5.44. The lowest BCUT2D eigenvalue weighted by Gasteiger charge is -2.16. The summed E-state index contributed by atoms with van der Waals surface area (Å²) in [6, 6.07) is 12.4. The first-order chi connectivity index (χ1) is 13.3. The van der Waals surface area contributed by atoms with Crippen molar-refractivity contribution < 1.29 is 22.7 Å². The van der Waals surface area contributed by atoms with Crippen LogP contribution < -0.4 is 20.1 Å². The smallest absolute Gasteiger partial charge is 0.251 e. The van der Waals surface area contributed by atoms with E-state index in [-0.39, 0.29) is 23.1 Å². The highest BCUT2D eigenvalue weighted by molar-refractivity contribution is 7.89. The number of anilines is 1. The summed E-state index contributed by atoms with van der Waals surface area (Å²) in [5, 5.41) is 8.17. The Labute approximate surface area is 163 Å². The topological polar surface area (TPSA) is 119 Å². The monoisotopic (exact) mass is 403 g/mol. The molecule has 0 unspecified atom stereocenters. The van der Waals surface area contributed by atoms with Crippen LogP contribution in [0.5, 0.6) is 5.75 Å². The molecule has 28 heavy (non-hydrogen) atoms. The van der Waals surface area contributed by atoms with E-state index in [1.807, 2.05) is 0 Å². The first-order valence-electron chi connectivity index (χ1n) is 8.65. The Morgan fingerprint density at radius 1 is 1.18 bits per heavy atom. The van der Waals surface area contributed by atoms with Crippen molar-refractivity contribution in [2.75, 3.05) is 18.6 Å². The quantitative estimate of drug-likeness (QED) is 0.661. The Bertz CT molecular complexity index is 989. The normalized spacial score (nSPS) is 17.2. The number of imide groups is 1. The molecular weight excluding hydrogens is 382 g/mol. The number of nitrogens with zero attached hydrogens (tertiary/aromatic N) is 1. The fourth-order valence-electron chi connectivity index (χ4n) is 3.05. The predicted octanol–water partition coefficient (Wildman–Crippen LogP) is 0.807. The zero-order valence-electron chi connectivity index (χ0n) is 15.3. The van der Waals surface area contributed by atoms with Crippen molar-refractivity contribution in [3.63, 3.8) is 0 Å². The minimum Gasteiger partial charge on any atom is -0.497 e. The van der Waals surface area contributed by atoms with Crippen molar-refractivity contribution in [1.82, 2.24) is 5.32 Å². The summed E-state index contributed by atoms with van der Waals surface area (Å²) in [6.07, 6.45) is 0.655. The van der Waals surface area contributed by atoms with Crippen LogP contribution in [0, 0.1) is 0 Å². The average molecular weight is 403 g/mol. The highest BCUT2D eigenvalue weighted by Gasteiger charge is 2.39. The zero-order chi connectivity index (χ0) is 20.3. The zero-order valence-corrected chi connectivity index (χ0v) is 16.1. The van der Waals surface area contributed by atoms with Gasteiger partial charge < -0.3 is 10.1 Å². The molecule has 8 nitrogen and oxygen atoms in total. The molecule has 1 atom stereocenters. The number of methoxy groups -OCH3 is 1. The second kappa shape index (κ2) is 8.09. The molecule has 0 bridgehead atoms. The van der Waals surface area contributed by atoms with Crippen LogP contribution >= 0.6 is 0 Å². The van der Waals surface area contributed by atoms with Crippen molar-refractivity contribution in [2.45, 2.75) is 23.8 Å². The SMILES string of the molecule is COc1cccc(N2C(=O)C[C@H](NCCc3ccc(S(N)(=O)=O)cc3)C2=O)c1. The number of rotatable bonds is 7. The van der Waals surface area contributed by atoms with Crippen LogP contribution in [0.4, 0.5) is 5.69 Å². The number of amides is 2. The summed E-state index contributed by atoms with van der Waals surface area (Å²) >= 11 is 0. The van der Waals surface area contributed by atoms with Gasteiger partial charge in [0.1, 0.15) is 5.75 Å². The standard InChI is InChI=1S/C19H21N3O5S/c1-27-15-4-2-3-14(11-15)22-18(23)12-17(19(22)24)21-10-9-13-5-7-16(8-6-13)28(20,25)26/h2-8,11,17,21H,9-10,12H2,1H3,(H2,20,25,26)/t17-/m0/s1. The van der Waals surface area contributed by atoms with Gasteiger partial charge in [-0.05, 0) is 42.8 Å². The lowest BCUT2D eigenvalue weighted by Crippen LogP contribution is -2.39. The van der Waals surface area contributed by atoms with Gasteiger partial charge in [0, 0.05) is 6.07 Å². The van der Waals surface area contributed by atoms with Gasteiger partial charge in [0.15, 0.2) is 0 Å². The number of hydrogen-bond donors (Lipinski definition) is 2. The number of nitrogens with two attached hydrogens (primary N) is 1. The van der Waals surface area contributed by atoms with Crippen LogP contribution in [-0.2, 0) is 26.0 Å². The van der Waals surface area contributed by atoms with Gasteiger partial charge in [0.25, 0.3) is 5.91 Å². The Morgan fingerprint density at radius 3 is 2.54 bits per heavy atom. The maximum Gasteiger partial charge on any atom is 0.251 e.